The standard InChI is InChI=1S/C18H20FNO4/c1-22-15-10-17(24-3)16(23-2)8-13(15)11-20-18(21)9-12-6-4-5-7-14(12)19/h4-8,10H,9,11H2,1-3H3,(H,20,21). The topological polar surface area (TPSA) is 56.8 Å². The van der Waals surface area contributed by atoms with Gasteiger partial charge in [-0.25, -0.2) is 4.39 Å². The molecule has 0 bridgehead atoms. The number of nitrogens with one attached hydrogen (secondary N) is 1. The van der Waals surface area contributed by atoms with E-state index in [9.17, 15) is 9.18 Å². The SMILES string of the molecule is COc1cc(OC)c(OC)cc1CNC(=O)Cc1ccccc1F. The number of carbonyl (C=O) groups is 1. The highest BCUT2D eigenvalue weighted by Crippen LogP contribution is 2.34. The lowest BCUT2D eigenvalue weighted by molar-refractivity contribution is -0.120. The molecule has 0 aliphatic heterocycles. The largest absolute Gasteiger partial charge is 0.496 e. The number of halogens is 1. The number of hydrogen-bond acceptors (Lipinski definition) is 4. The van der Waals surface area contributed by atoms with Crippen LogP contribution in [0.5, 0.6) is 17.2 Å². The highest BCUT2D eigenvalue weighted by atomic mass is 19.1. The van der Waals surface area contributed by atoms with E-state index in [-0.39, 0.29) is 18.9 Å². The van der Waals surface area contributed by atoms with E-state index in [0.717, 1.165) is 5.56 Å². The molecule has 5 nitrogen and oxygen atoms in total. The summed E-state index contributed by atoms with van der Waals surface area (Å²) < 4.78 is 29.4. The van der Waals surface area contributed by atoms with Crippen molar-refractivity contribution in [2.75, 3.05) is 21.3 Å². The minimum absolute atomic E-state index is 0.0255. The van der Waals surface area contributed by atoms with Crippen molar-refractivity contribution in [3.63, 3.8) is 0 Å². The number of hydrogen-bond donors (Lipinski definition) is 1. The summed E-state index contributed by atoms with van der Waals surface area (Å²) in [6, 6.07) is 9.64. The van der Waals surface area contributed by atoms with E-state index in [1.54, 1.807) is 30.3 Å². The van der Waals surface area contributed by atoms with Crippen LogP contribution in [0, 0.1) is 5.82 Å². The van der Waals surface area contributed by atoms with Gasteiger partial charge in [0.2, 0.25) is 5.91 Å². The molecule has 2 rings (SSSR count). The maximum atomic E-state index is 13.6. The summed E-state index contributed by atoms with van der Waals surface area (Å²) in [6.07, 6.45) is -0.0255. The van der Waals surface area contributed by atoms with Crippen molar-refractivity contribution in [3.8, 4) is 17.2 Å². The predicted octanol–water partition coefficient (Wildman–Crippen LogP) is 2.71. The molecule has 1 amide bonds. The van der Waals surface area contributed by atoms with Gasteiger partial charge in [0.1, 0.15) is 11.6 Å². The van der Waals surface area contributed by atoms with Crippen LogP contribution in [-0.4, -0.2) is 27.2 Å². The second-order valence-electron chi connectivity index (χ2n) is 5.06. The quantitative estimate of drug-likeness (QED) is 0.846. The van der Waals surface area contributed by atoms with Gasteiger partial charge in [0, 0.05) is 18.2 Å². The highest BCUT2D eigenvalue weighted by Gasteiger charge is 2.13. The van der Waals surface area contributed by atoms with Crippen LogP contribution in [-0.2, 0) is 17.8 Å². The summed E-state index contributed by atoms with van der Waals surface area (Å²) in [4.78, 5) is 12.0. The molecule has 0 saturated heterocycles. The molecule has 128 valence electrons. The molecular formula is C18H20FNO4. The first-order chi connectivity index (χ1) is 11.6. The maximum absolute atomic E-state index is 13.6. The number of rotatable bonds is 7. The molecule has 0 radical (unpaired) electrons. The Kier molecular flexibility index (Phi) is 6.01. The zero-order chi connectivity index (χ0) is 17.5. The van der Waals surface area contributed by atoms with Crippen LogP contribution >= 0.6 is 0 Å². The van der Waals surface area contributed by atoms with Crippen LogP contribution in [0.1, 0.15) is 11.1 Å². The third-order valence-electron chi connectivity index (χ3n) is 3.57. The van der Waals surface area contributed by atoms with E-state index in [0.29, 0.717) is 22.8 Å². The third kappa shape index (κ3) is 4.16. The van der Waals surface area contributed by atoms with Crippen molar-refractivity contribution in [2.45, 2.75) is 13.0 Å². The van der Waals surface area contributed by atoms with Crippen molar-refractivity contribution < 1.29 is 23.4 Å². The molecule has 0 unspecified atom stereocenters. The summed E-state index contributed by atoms with van der Waals surface area (Å²) >= 11 is 0. The molecule has 24 heavy (non-hydrogen) atoms. The molecule has 0 atom stereocenters. The maximum Gasteiger partial charge on any atom is 0.224 e. The normalized spacial score (nSPS) is 10.2. The van der Waals surface area contributed by atoms with E-state index in [1.165, 1.54) is 27.4 Å². The first-order valence-electron chi connectivity index (χ1n) is 7.38. The van der Waals surface area contributed by atoms with Gasteiger partial charge < -0.3 is 19.5 Å². The summed E-state index contributed by atoms with van der Waals surface area (Å²) in [5.41, 5.74) is 1.09. The van der Waals surface area contributed by atoms with Gasteiger partial charge in [-0.05, 0) is 17.7 Å². The van der Waals surface area contributed by atoms with Gasteiger partial charge in [-0.2, -0.15) is 0 Å². The number of methoxy groups -OCH3 is 3. The molecule has 6 heteroatoms. The first-order valence-corrected chi connectivity index (χ1v) is 7.38. The van der Waals surface area contributed by atoms with Gasteiger partial charge >= 0.3 is 0 Å². The van der Waals surface area contributed by atoms with Crippen molar-refractivity contribution >= 4 is 5.91 Å². The van der Waals surface area contributed by atoms with Gasteiger partial charge in [0.25, 0.3) is 0 Å². The second kappa shape index (κ2) is 8.19. The zero-order valence-corrected chi connectivity index (χ0v) is 13.9. The van der Waals surface area contributed by atoms with E-state index >= 15 is 0 Å². The van der Waals surface area contributed by atoms with E-state index in [4.69, 9.17) is 14.2 Å². The first kappa shape index (κ1) is 17.6. The van der Waals surface area contributed by atoms with Gasteiger partial charge in [0.15, 0.2) is 11.5 Å². The van der Waals surface area contributed by atoms with E-state index < -0.39 is 5.82 Å². The molecule has 2 aromatic carbocycles. The molecule has 0 aromatic heterocycles. The smallest absolute Gasteiger partial charge is 0.224 e. The average Bonchev–Trinajstić information content (AvgIpc) is 2.61. The lowest BCUT2D eigenvalue weighted by Gasteiger charge is -2.14. The fraction of sp³-hybridized carbons (Fsp3) is 0.278. The molecule has 0 aliphatic rings. The van der Waals surface area contributed by atoms with Gasteiger partial charge in [-0.1, -0.05) is 18.2 Å². The number of amides is 1. The van der Waals surface area contributed by atoms with Crippen LogP contribution in [0.2, 0.25) is 0 Å². The Morgan fingerprint density at radius 1 is 0.958 bits per heavy atom. The fourth-order valence-corrected chi connectivity index (χ4v) is 2.30. The molecule has 0 heterocycles. The minimum Gasteiger partial charge on any atom is -0.496 e. The van der Waals surface area contributed by atoms with Crippen molar-refractivity contribution in [1.82, 2.24) is 5.32 Å². The highest BCUT2D eigenvalue weighted by molar-refractivity contribution is 5.78. The Morgan fingerprint density at radius 3 is 2.21 bits per heavy atom. The summed E-state index contributed by atoms with van der Waals surface area (Å²) in [6.45, 7) is 0.233. The second-order valence-corrected chi connectivity index (χ2v) is 5.06. The van der Waals surface area contributed by atoms with Gasteiger partial charge in [0.05, 0.1) is 27.8 Å². The van der Waals surface area contributed by atoms with Gasteiger partial charge in [-0.3, -0.25) is 4.79 Å². The summed E-state index contributed by atoms with van der Waals surface area (Å²) in [5.74, 6) is 0.972. The van der Waals surface area contributed by atoms with Crippen LogP contribution < -0.4 is 19.5 Å². The Morgan fingerprint density at radius 2 is 1.58 bits per heavy atom. The Hall–Kier alpha value is -2.76. The van der Waals surface area contributed by atoms with Crippen LogP contribution in [0.15, 0.2) is 36.4 Å². The Bertz CT molecular complexity index is 718. The van der Waals surface area contributed by atoms with E-state index in [1.807, 2.05) is 0 Å². The number of carbonyl (C=O) groups excluding carboxylic acids is 1. The predicted molar refractivity (Wildman–Crippen MR) is 88.0 cm³/mol. The molecule has 0 fully saturated rings. The van der Waals surface area contributed by atoms with Gasteiger partial charge in [-0.15, -0.1) is 0 Å². The minimum atomic E-state index is -0.392. The lowest BCUT2D eigenvalue weighted by Crippen LogP contribution is -2.25. The molecular weight excluding hydrogens is 313 g/mol. The molecule has 0 saturated carbocycles. The van der Waals surface area contributed by atoms with Crippen LogP contribution in [0.25, 0.3) is 0 Å². The molecule has 0 spiro atoms. The number of ether oxygens (including phenoxy) is 3. The monoisotopic (exact) mass is 333 g/mol. The summed E-state index contributed by atoms with van der Waals surface area (Å²) in [7, 11) is 4.60. The molecule has 1 N–H and O–H groups in total. The fourth-order valence-electron chi connectivity index (χ4n) is 2.30. The molecule has 0 aliphatic carbocycles. The Labute approximate surface area is 140 Å². The van der Waals surface area contributed by atoms with Crippen molar-refractivity contribution in [3.05, 3.63) is 53.3 Å². The van der Waals surface area contributed by atoms with Crippen LogP contribution in [0.4, 0.5) is 4.39 Å². The third-order valence-corrected chi connectivity index (χ3v) is 3.57. The summed E-state index contributed by atoms with van der Waals surface area (Å²) in [5, 5.41) is 2.76. The van der Waals surface area contributed by atoms with Crippen LogP contribution in [0.3, 0.4) is 0 Å². The zero-order valence-electron chi connectivity index (χ0n) is 13.9. The van der Waals surface area contributed by atoms with E-state index in [2.05, 4.69) is 5.32 Å². The average molecular weight is 333 g/mol. The van der Waals surface area contributed by atoms with Crippen molar-refractivity contribution in [1.29, 1.82) is 0 Å². The molecule has 2 aromatic rings. The lowest BCUT2D eigenvalue weighted by atomic mass is 10.1. The Balaban J connectivity index is 2.08. The van der Waals surface area contributed by atoms with Crippen molar-refractivity contribution in [2.24, 2.45) is 0 Å². The number of benzene rings is 2.